The first kappa shape index (κ1) is 20.7. The summed E-state index contributed by atoms with van der Waals surface area (Å²) in [6.45, 7) is 1.49. The molecule has 0 saturated carbocycles. The molecule has 0 radical (unpaired) electrons. The van der Waals surface area contributed by atoms with Crippen molar-refractivity contribution in [2.75, 3.05) is 18.0 Å². The van der Waals surface area contributed by atoms with Crippen molar-refractivity contribution in [3.8, 4) is 0 Å². The minimum absolute atomic E-state index is 0.113. The summed E-state index contributed by atoms with van der Waals surface area (Å²) >= 11 is 0. The maximum absolute atomic E-state index is 13.0. The second-order valence-corrected chi connectivity index (χ2v) is 8.29. The third kappa shape index (κ3) is 3.89. The molecular weight excluding hydrogens is 423 g/mol. The van der Waals surface area contributed by atoms with E-state index in [1.54, 1.807) is 6.20 Å². The summed E-state index contributed by atoms with van der Waals surface area (Å²) in [5.41, 5.74) is 0.426. The summed E-state index contributed by atoms with van der Waals surface area (Å²) in [5, 5.41) is 10.5. The molecule has 0 N–H and O–H groups in total. The number of carbonyl (C=O) groups is 1. The van der Waals surface area contributed by atoms with Crippen molar-refractivity contribution in [3.63, 3.8) is 0 Å². The minimum atomic E-state index is -4.49. The zero-order chi connectivity index (χ0) is 22.3. The highest BCUT2D eigenvalue weighted by molar-refractivity contribution is 5.91. The molecule has 2 aromatic heterocycles. The van der Waals surface area contributed by atoms with Gasteiger partial charge in [0.25, 0.3) is 0 Å². The number of hydrogen-bond acceptors (Lipinski definition) is 6. The quantitative estimate of drug-likeness (QED) is 0.574. The standard InChI is InChI=1S/C22H22F3N5O2/c23-22(24,25)21-26-13-16-11-14(5-10-30(16)21)20(31)32-17-6-8-29(9-7-17)19-18-4-2-1-3-15(18)12-27-28-19/h1-4,12-14,17H,5-11H2/t14-/m0/s1. The fourth-order valence-corrected chi connectivity index (χ4v) is 4.58. The number of alkyl halides is 3. The van der Waals surface area contributed by atoms with Crippen LogP contribution >= 0.6 is 0 Å². The fourth-order valence-electron chi connectivity index (χ4n) is 4.58. The Morgan fingerprint density at radius 1 is 1.06 bits per heavy atom. The first-order valence-corrected chi connectivity index (χ1v) is 10.7. The van der Waals surface area contributed by atoms with E-state index in [1.807, 2.05) is 24.3 Å². The average molecular weight is 445 g/mol. The fraction of sp³-hybridized carbons (Fsp3) is 0.455. The van der Waals surface area contributed by atoms with Gasteiger partial charge in [-0.25, -0.2) is 4.98 Å². The molecular formula is C22H22F3N5O2. The molecule has 1 atom stereocenters. The predicted molar refractivity (Wildman–Crippen MR) is 110 cm³/mol. The van der Waals surface area contributed by atoms with Gasteiger partial charge in [-0.2, -0.15) is 18.3 Å². The van der Waals surface area contributed by atoms with E-state index < -0.39 is 17.9 Å². The number of piperidine rings is 1. The largest absolute Gasteiger partial charge is 0.462 e. The highest BCUT2D eigenvalue weighted by Crippen LogP contribution is 2.33. The van der Waals surface area contributed by atoms with Crippen LogP contribution in [-0.2, 0) is 28.7 Å². The Labute approximate surface area is 182 Å². The van der Waals surface area contributed by atoms with Gasteiger partial charge in [-0.3, -0.25) is 4.79 Å². The minimum Gasteiger partial charge on any atom is -0.462 e. The molecule has 4 heterocycles. The second-order valence-electron chi connectivity index (χ2n) is 8.29. The number of aromatic nitrogens is 4. The Hall–Kier alpha value is -3.17. The summed E-state index contributed by atoms with van der Waals surface area (Å²) in [5.74, 6) is -0.853. The third-order valence-corrected chi connectivity index (χ3v) is 6.26. The second kappa shape index (κ2) is 8.07. The highest BCUT2D eigenvalue weighted by atomic mass is 19.4. The van der Waals surface area contributed by atoms with Gasteiger partial charge in [0.2, 0.25) is 5.82 Å². The van der Waals surface area contributed by atoms with Gasteiger partial charge < -0.3 is 14.2 Å². The Morgan fingerprint density at radius 3 is 2.62 bits per heavy atom. The lowest BCUT2D eigenvalue weighted by Gasteiger charge is -2.33. The molecule has 2 aliphatic rings. The maximum Gasteiger partial charge on any atom is 0.449 e. The monoisotopic (exact) mass is 445 g/mol. The molecule has 1 fully saturated rings. The van der Waals surface area contributed by atoms with Crippen LogP contribution in [-0.4, -0.2) is 44.9 Å². The van der Waals surface area contributed by atoms with E-state index in [1.165, 1.54) is 6.20 Å². The van der Waals surface area contributed by atoms with E-state index in [2.05, 4.69) is 20.1 Å². The average Bonchev–Trinajstić information content (AvgIpc) is 3.23. The van der Waals surface area contributed by atoms with Crippen LogP contribution in [0.5, 0.6) is 0 Å². The third-order valence-electron chi connectivity index (χ3n) is 6.26. The Kier molecular flexibility index (Phi) is 5.22. The van der Waals surface area contributed by atoms with Crippen molar-refractivity contribution < 1.29 is 22.7 Å². The number of nitrogens with zero attached hydrogens (tertiary/aromatic N) is 5. The number of anilines is 1. The first-order chi connectivity index (χ1) is 15.4. The van der Waals surface area contributed by atoms with Gasteiger partial charge in [-0.05, 0) is 6.42 Å². The van der Waals surface area contributed by atoms with E-state index in [0.717, 1.165) is 21.2 Å². The number of fused-ring (bicyclic) bond motifs is 2. The van der Waals surface area contributed by atoms with Crippen LogP contribution in [0, 0.1) is 5.92 Å². The van der Waals surface area contributed by atoms with Gasteiger partial charge in [0, 0.05) is 61.6 Å². The Balaban J connectivity index is 1.19. The van der Waals surface area contributed by atoms with Gasteiger partial charge in [0.15, 0.2) is 5.82 Å². The van der Waals surface area contributed by atoms with Crippen molar-refractivity contribution >= 4 is 22.6 Å². The van der Waals surface area contributed by atoms with Gasteiger partial charge >= 0.3 is 12.1 Å². The SMILES string of the molecule is O=C(OC1CCN(c2nncc3ccccc23)CC1)[C@H]1CCn2c(cnc2C(F)(F)F)C1. The molecule has 0 bridgehead atoms. The van der Waals surface area contributed by atoms with Gasteiger partial charge in [0.1, 0.15) is 6.10 Å². The van der Waals surface area contributed by atoms with Crippen LogP contribution in [0.1, 0.15) is 30.8 Å². The highest BCUT2D eigenvalue weighted by Gasteiger charge is 2.39. The topological polar surface area (TPSA) is 73.1 Å². The van der Waals surface area contributed by atoms with Crippen LogP contribution in [0.4, 0.5) is 19.0 Å². The molecule has 0 amide bonds. The lowest BCUT2D eigenvalue weighted by atomic mass is 9.96. The molecule has 0 spiro atoms. The number of halogens is 3. The first-order valence-electron chi connectivity index (χ1n) is 10.7. The number of esters is 1. The normalized spacial score (nSPS) is 19.7. The van der Waals surface area contributed by atoms with Crippen molar-refractivity contribution in [3.05, 3.63) is 48.2 Å². The molecule has 7 nitrogen and oxygen atoms in total. The number of ether oxygens (including phenoxy) is 1. The zero-order valence-corrected chi connectivity index (χ0v) is 17.3. The lowest BCUT2D eigenvalue weighted by Crippen LogP contribution is -2.40. The van der Waals surface area contributed by atoms with Crippen LogP contribution in [0.15, 0.2) is 36.7 Å². The molecule has 10 heteroatoms. The van der Waals surface area contributed by atoms with E-state index in [-0.39, 0.29) is 25.0 Å². The maximum atomic E-state index is 13.0. The molecule has 3 aromatic rings. The number of rotatable bonds is 3. The van der Waals surface area contributed by atoms with Gasteiger partial charge in [-0.1, -0.05) is 24.3 Å². The number of imidazole rings is 1. The molecule has 2 aliphatic heterocycles. The lowest BCUT2D eigenvalue weighted by molar-refractivity contribution is -0.156. The summed E-state index contributed by atoms with van der Waals surface area (Å²) in [6, 6.07) is 7.94. The number of carbonyl (C=O) groups excluding carboxylic acids is 1. The van der Waals surface area contributed by atoms with Gasteiger partial charge in [0.05, 0.1) is 12.1 Å². The summed E-state index contributed by atoms with van der Waals surface area (Å²) in [7, 11) is 0. The summed E-state index contributed by atoms with van der Waals surface area (Å²) in [6.07, 6.45) is 0.113. The molecule has 5 rings (SSSR count). The smallest absolute Gasteiger partial charge is 0.449 e. The summed E-state index contributed by atoms with van der Waals surface area (Å²) < 4.78 is 46.0. The van der Waals surface area contributed by atoms with Crippen LogP contribution in [0.3, 0.4) is 0 Å². The Morgan fingerprint density at radius 2 is 1.84 bits per heavy atom. The zero-order valence-electron chi connectivity index (χ0n) is 17.3. The Bertz CT molecular complexity index is 1130. The molecule has 1 aromatic carbocycles. The van der Waals surface area contributed by atoms with E-state index in [9.17, 15) is 18.0 Å². The van der Waals surface area contributed by atoms with Gasteiger partial charge in [-0.15, -0.1) is 5.10 Å². The molecule has 168 valence electrons. The molecule has 32 heavy (non-hydrogen) atoms. The van der Waals surface area contributed by atoms with Crippen LogP contribution in [0.2, 0.25) is 0 Å². The van der Waals surface area contributed by atoms with Crippen molar-refractivity contribution in [2.45, 2.75) is 44.5 Å². The molecule has 1 saturated heterocycles. The summed E-state index contributed by atoms with van der Waals surface area (Å²) in [4.78, 5) is 18.4. The molecule has 0 unspecified atom stereocenters. The van der Waals surface area contributed by atoms with Crippen molar-refractivity contribution in [2.24, 2.45) is 5.92 Å². The van der Waals surface area contributed by atoms with E-state index in [0.29, 0.717) is 38.0 Å². The van der Waals surface area contributed by atoms with E-state index >= 15 is 0 Å². The van der Waals surface area contributed by atoms with E-state index in [4.69, 9.17) is 4.74 Å². The number of hydrogen-bond donors (Lipinski definition) is 0. The van der Waals surface area contributed by atoms with Crippen LogP contribution in [0.25, 0.3) is 10.8 Å². The predicted octanol–water partition coefficient (Wildman–Crippen LogP) is 3.62. The van der Waals surface area contributed by atoms with Crippen molar-refractivity contribution in [1.29, 1.82) is 0 Å². The van der Waals surface area contributed by atoms with Crippen molar-refractivity contribution in [1.82, 2.24) is 19.7 Å². The molecule has 0 aliphatic carbocycles. The van der Waals surface area contributed by atoms with Crippen LogP contribution < -0.4 is 4.90 Å². The number of benzene rings is 1.